The van der Waals surface area contributed by atoms with Gasteiger partial charge in [0.2, 0.25) is 15.8 Å². The number of sulfonamides is 1. The second kappa shape index (κ2) is 10.6. The fourth-order valence-corrected chi connectivity index (χ4v) is 4.67. The number of ether oxygens (including phenoxy) is 2. The van der Waals surface area contributed by atoms with Gasteiger partial charge in [-0.1, -0.05) is 60.2 Å². The second-order valence-corrected chi connectivity index (χ2v) is 9.90. The first-order valence-electron chi connectivity index (χ1n) is 10.6. The van der Waals surface area contributed by atoms with Crippen molar-refractivity contribution in [2.45, 2.75) is 31.4 Å². The SMILES string of the molecule is COc1ccc(C(=O)O[C@@H](C)C(=O)c2ccc(C)cc2)cc1S(=O)(=O)N(C)Cc1ccccc1. The highest BCUT2D eigenvalue weighted by molar-refractivity contribution is 7.89. The maximum absolute atomic E-state index is 13.3. The van der Waals surface area contributed by atoms with Gasteiger partial charge in [-0.15, -0.1) is 0 Å². The monoisotopic (exact) mass is 481 g/mol. The number of benzene rings is 3. The van der Waals surface area contributed by atoms with Gasteiger partial charge in [0.05, 0.1) is 12.7 Å². The highest BCUT2D eigenvalue weighted by atomic mass is 32.2. The van der Waals surface area contributed by atoms with Gasteiger partial charge in [0.25, 0.3) is 0 Å². The Hall–Kier alpha value is -3.49. The normalized spacial score (nSPS) is 12.3. The zero-order valence-electron chi connectivity index (χ0n) is 19.5. The largest absolute Gasteiger partial charge is 0.495 e. The maximum Gasteiger partial charge on any atom is 0.338 e. The first-order valence-corrected chi connectivity index (χ1v) is 12.1. The van der Waals surface area contributed by atoms with E-state index in [9.17, 15) is 18.0 Å². The third kappa shape index (κ3) is 5.70. The quantitative estimate of drug-likeness (QED) is 0.335. The van der Waals surface area contributed by atoms with E-state index >= 15 is 0 Å². The number of esters is 1. The molecule has 1 atom stereocenters. The van der Waals surface area contributed by atoms with E-state index < -0.39 is 22.1 Å². The van der Waals surface area contributed by atoms with Crippen LogP contribution in [0.5, 0.6) is 5.75 Å². The molecule has 3 rings (SSSR count). The summed E-state index contributed by atoms with van der Waals surface area (Å²) >= 11 is 0. The molecule has 0 fully saturated rings. The van der Waals surface area contributed by atoms with Crippen LogP contribution in [0.4, 0.5) is 0 Å². The third-order valence-corrected chi connectivity index (χ3v) is 7.15. The van der Waals surface area contributed by atoms with Crippen molar-refractivity contribution < 1.29 is 27.5 Å². The molecular formula is C26H27NO6S. The summed E-state index contributed by atoms with van der Waals surface area (Å²) < 4.78 is 38.3. The van der Waals surface area contributed by atoms with Crippen LogP contribution < -0.4 is 4.74 Å². The Morgan fingerprint density at radius 2 is 1.56 bits per heavy atom. The summed E-state index contributed by atoms with van der Waals surface area (Å²) in [6, 6.07) is 20.1. The molecule has 0 bridgehead atoms. The molecule has 0 N–H and O–H groups in total. The Balaban J connectivity index is 1.82. The molecule has 0 aliphatic heterocycles. The standard InChI is InChI=1S/C26H27NO6S/c1-18-10-12-21(13-11-18)25(28)19(2)33-26(29)22-14-15-23(32-4)24(16-22)34(30,31)27(3)17-20-8-6-5-7-9-20/h5-16,19H,17H2,1-4H3/t19-/m0/s1. The molecule has 34 heavy (non-hydrogen) atoms. The number of nitrogens with zero attached hydrogens (tertiary/aromatic N) is 1. The molecule has 7 nitrogen and oxygen atoms in total. The van der Waals surface area contributed by atoms with Gasteiger partial charge in [-0.3, -0.25) is 4.79 Å². The van der Waals surface area contributed by atoms with Crippen LogP contribution in [-0.4, -0.2) is 44.7 Å². The Labute approximate surface area is 200 Å². The van der Waals surface area contributed by atoms with Crippen LogP contribution in [0.3, 0.4) is 0 Å². The summed E-state index contributed by atoms with van der Waals surface area (Å²) in [7, 11) is -1.19. The van der Waals surface area contributed by atoms with Crippen LogP contribution in [-0.2, 0) is 21.3 Å². The van der Waals surface area contributed by atoms with Gasteiger partial charge in [0, 0.05) is 19.2 Å². The average molecular weight is 482 g/mol. The fourth-order valence-electron chi connectivity index (χ4n) is 3.33. The zero-order valence-corrected chi connectivity index (χ0v) is 20.3. The van der Waals surface area contributed by atoms with Crippen molar-refractivity contribution >= 4 is 21.8 Å². The number of ketones is 1. The van der Waals surface area contributed by atoms with Gasteiger partial charge in [0.1, 0.15) is 10.6 Å². The van der Waals surface area contributed by atoms with E-state index in [1.165, 1.54) is 43.6 Å². The summed E-state index contributed by atoms with van der Waals surface area (Å²) in [4.78, 5) is 25.2. The molecule has 0 aliphatic rings. The zero-order chi connectivity index (χ0) is 24.9. The Morgan fingerprint density at radius 3 is 2.18 bits per heavy atom. The second-order valence-electron chi connectivity index (χ2n) is 7.89. The summed E-state index contributed by atoms with van der Waals surface area (Å²) in [6.07, 6.45) is -1.04. The topological polar surface area (TPSA) is 90.0 Å². The molecule has 3 aromatic carbocycles. The van der Waals surface area contributed by atoms with E-state index in [1.54, 1.807) is 24.3 Å². The first-order chi connectivity index (χ1) is 16.1. The van der Waals surface area contributed by atoms with E-state index in [2.05, 4.69) is 0 Å². The van der Waals surface area contributed by atoms with E-state index in [1.807, 2.05) is 37.3 Å². The van der Waals surface area contributed by atoms with Crippen molar-refractivity contribution in [2.75, 3.05) is 14.2 Å². The number of methoxy groups -OCH3 is 1. The number of rotatable bonds is 9. The lowest BCUT2D eigenvalue weighted by Crippen LogP contribution is -2.27. The molecule has 178 valence electrons. The van der Waals surface area contributed by atoms with E-state index in [0.29, 0.717) is 5.56 Å². The van der Waals surface area contributed by atoms with Crippen LogP contribution in [0.15, 0.2) is 77.7 Å². The van der Waals surface area contributed by atoms with Gasteiger partial charge in [0.15, 0.2) is 6.10 Å². The molecule has 0 radical (unpaired) electrons. The van der Waals surface area contributed by atoms with Gasteiger partial charge < -0.3 is 9.47 Å². The summed E-state index contributed by atoms with van der Waals surface area (Å²) in [5.41, 5.74) is 2.24. The fraction of sp³-hybridized carbons (Fsp3) is 0.231. The van der Waals surface area contributed by atoms with Gasteiger partial charge >= 0.3 is 5.97 Å². The number of carbonyl (C=O) groups is 2. The number of Topliss-reactive ketones (excluding diaryl/α,β-unsaturated/α-hetero) is 1. The van der Waals surface area contributed by atoms with Gasteiger partial charge in [-0.2, -0.15) is 4.31 Å². The van der Waals surface area contributed by atoms with Crippen LogP contribution in [0, 0.1) is 6.92 Å². The molecule has 0 spiro atoms. The predicted molar refractivity (Wildman–Crippen MR) is 128 cm³/mol. The molecule has 8 heteroatoms. The molecule has 0 aromatic heterocycles. The van der Waals surface area contributed by atoms with E-state index in [0.717, 1.165) is 11.1 Å². The Kier molecular flexibility index (Phi) is 7.86. The van der Waals surface area contributed by atoms with Gasteiger partial charge in [-0.05, 0) is 37.6 Å². The lowest BCUT2D eigenvalue weighted by molar-refractivity contribution is 0.0318. The smallest absolute Gasteiger partial charge is 0.338 e. The predicted octanol–water partition coefficient (Wildman–Crippen LogP) is 4.25. The Morgan fingerprint density at radius 1 is 0.941 bits per heavy atom. The van der Waals surface area contributed by atoms with Crippen LogP contribution in [0.25, 0.3) is 0 Å². The minimum absolute atomic E-state index is 0.00366. The molecule has 0 aliphatic carbocycles. The number of carbonyl (C=O) groups excluding carboxylic acids is 2. The van der Waals surface area contributed by atoms with Crippen molar-refractivity contribution in [3.63, 3.8) is 0 Å². The number of hydrogen-bond donors (Lipinski definition) is 0. The van der Waals surface area contributed by atoms with Crippen LogP contribution >= 0.6 is 0 Å². The van der Waals surface area contributed by atoms with Crippen LogP contribution in [0.2, 0.25) is 0 Å². The van der Waals surface area contributed by atoms with Crippen molar-refractivity contribution in [2.24, 2.45) is 0 Å². The first kappa shape index (κ1) is 25.1. The minimum Gasteiger partial charge on any atom is -0.495 e. The van der Waals surface area contributed by atoms with Gasteiger partial charge in [-0.25, -0.2) is 13.2 Å². The summed E-state index contributed by atoms with van der Waals surface area (Å²) in [5.74, 6) is -1.06. The highest BCUT2D eigenvalue weighted by Gasteiger charge is 2.28. The lowest BCUT2D eigenvalue weighted by Gasteiger charge is -2.20. The summed E-state index contributed by atoms with van der Waals surface area (Å²) in [6.45, 7) is 3.53. The molecule has 0 amide bonds. The van der Waals surface area contributed by atoms with Crippen molar-refractivity contribution in [1.82, 2.24) is 4.31 Å². The van der Waals surface area contributed by atoms with Crippen LogP contribution in [0.1, 0.15) is 38.8 Å². The molecular weight excluding hydrogens is 454 g/mol. The number of hydrogen-bond acceptors (Lipinski definition) is 6. The van der Waals surface area contributed by atoms with E-state index in [4.69, 9.17) is 9.47 Å². The molecule has 0 unspecified atom stereocenters. The minimum atomic E-state index is -3.99. The Bertz CT molecular complexity index is 1270. The molecule has 0 heterocycles. The van der Waals surface area contributed by atoms with Crippen molar-refractivity contribution in [3.05, 3.63) is 95.1 Å². The number of aryl methyl sites for hydroxylation is 1. The van der Waals surface area contributed by atoms with E-state index in [-0.39, 0.29) is 28.5 Å². The molecule has 0 saturated carbocycles. The molecule has 3 aromatic rings. The average Bonchev–Trinajstić information content (AvgIpc) is 2.84. The lowest BCUT2D eigenvalue weighted by atomic mass is 10.1. The highest BCUT2D eigenvalue weighted by Crippen LogP contribution is 2.28. The molecule has 0 saturated heterocycles. The van der Waals surface area contributed by atoms with Crippen molar-refractivity contribution in [1.29, 1.82) is 0 Å². The van der Waals surface area contributed by atoms with Crippen molar-refractivity contribution in [3.8, 4) is 5.75 Å². The summed E-state index contributed by atoms with van der Waals surface area (Å²) in [5, 5.41) is 0. The maximum atomic E-state index is 13.3. The third-order valence-electron chi connectivity index (χ3n) is 5.32.